The van der Waals surface area contributed by atoms with Gasteiger partial charge in [0.2, 0.25) is 5.91 Å². The Labute approximate surface area is 97.0 Å². The SMILES string of the molecule is CCC(N)C(=O)Nc1c(C)cc(C)cc1C. The van der Waals surface area contributed by atoms with Crippen LogP contribution in [0.5, 0.6) is 0 Å². The summed E-state index contributed by atoms with van der Waals surface area (Å²) in [4.78, 5) is 11.7. The van der Waals surface area contributed by atoms with Crippen LogP contribution in [-0.2, 0) is 4.79 Å². The number of rotatable bonds is 3. The van der Waals surface area contributed by atoms with E-state index >= 15 is 0 Å². The largest absolute Gasteiger partial charge is 0.324 e. The summed E-state index contributed by atoms with van der Waals surface area (Å²) in [5, 5.41) is 2.89. The number of nitrogens with one attached hydrogen (secondary N) is 1. The molecule has 0 aliphatic rings. The van der Waals surface area contributed by atoms with Crippen molar-refractivity contribution in [1.82, 2.24) is 0 Å². The van der Waals surface area contributed by atoms with Gasteiger partial charge in [-0.05, 0) is 38.3 Å². The van der Waals surface area contributed by atoms with Gasteiger partial charge in [-0.2, -0.15) is 0 Å². The van der Waals surface area contributed by atoms with Gasteiger partial charge >= 0.3 is 0 Å². The molecule has 0 radical (unpaired) electrons. The second-order valence-electron chi connectivity index (χ2n) is 4.28. The first kappa shape index (κ1) is 12.7. The van der Waals surface area contributed by atoms with Crippen molar-refractivity contribution >= 4 is 11.6 Å². The number of aryl methyl sites for hydroxylation is 3. The lowest BCUT2D eigenvalue weighted by Crippen LogP contribution is -2.35. The minimum absolute atomic E-state index is 0.113. The summed E-state index contributed by atoms with van der Waals surface area (Å²) in [6, 6.07) is 3.68. The van der Waals surface area contributed by atoms with Gasteiger partial charge in [0.1, 0.15) is 0 Å². The summed E-state index contributed by atoms with van der Waals surface area (Å²) in [6.45, 7) is 7.93. The Kier molecular flexibility index (Phi) is 4.07. The van der Waals surface area contributed by atoms with Crippen LogP contribution in [0.4, 0.5) is 5.69 Å². The van der Waals surface area contributed by atoms with Crippen LogP contribution in [0.25, 0.3) is 0 Å². The van der Waals surface area contributed by atoms with Gasteiger partial charge in [-0.15, -0.1) is 0 Å². The molecule has 1 aromatic carbocycles. The Hall–Kier alpha value is -1.35. The van der Waals surface area contributed by atoms with E-state index in [9.17, 15) is 4.79 Å². The molecule has 1 unspecified atom stereocenters. The predicted molar refractivity (Wildman–Crippen MR) is 67.5 cm³/mol. The number of carbonyl (C=O) groups is 1. The van der Waals surface area contributed by atoms with Crippen LogP contribution < -0.4 is 11.1 Å². The molecule has 1 aromatic rings. The standard InChI is InChI=1S/C13H20N2O/c1-5-11(14)13(16)15-12-9(3)6-8(2)7-10(12)4/h6-7,11H,5,14H2,1-4H3,(H,15,16). The van der Waals surface area contributed by atoms with Gasteiger partial charge in [0.15, 0.2) is 0 Å². The van der Waals surface area contributed by atoms with E-state index < -0.39 is 6.04 Å². The zero-order valence-electron chi connectivity index (χ0n) is 10.4. The lowest BCUT2D eigenvalue weighted by molar-refractivity contribution is -0.117. The summed E-state index contributed by atoms with van der Waals surface area (Å²) in [5.74, 6) is -0.113. The number of anilines is 1. The molecule has 0 saturated carbocycles. The van der Waals surface area contributed by atoms with Gasteiger partial charge in [0.25, 0.3) is 0 Å². The topological polar surface area (TPSA) is 55.1 Å². The van der Waals surface area contributed by atoms with Crippen molar-refractivity contribution in [3.63, 3.8) is 0 Å². The van der Waals surface area contributed by atoms with Crippen molar-refractivity contribution in [2.75, 3.05) is 5.32 Å². The second-order valence-corrected chi connectivity index (χ2v) is 4.28. The lowest BCUT2D eigenvalue weighted by atomic mass is 10.0. The van der Waals surface area contributed by atoms with E-state index in [0.717, 1.165) is 16.8 Å². The summed E-state index contributed by atoms with van der Waals surface area (Å²) >= 11 is 0. The zero-order valence-corrected chi connectivity index (χ0v) is 10.4. The maximum absolute atomic E-state index is 11.7. The molecule has 16 heavy (non-hydrogen) atoms. The van der Waals surface area contributed by atoms with Crippen LogP contribution in [-0.4, -0.2) is 11.9 Å². The number of benzene rings is 1. The van der Waals surface area contributed by atoms with Crippen LogP contribution in [0.15, 0.2) is 12.1 Å². The van der Waals surface area contributed by atoms with Gasteiger partial charge in [-0.1, -0.05) is 24.6 Å². The Bertz CT molecular complexity index is 376. The summed E-state index contributed by atoms with van der Waals surface area (Å²) in [5.41, 5.74) is 9.93. The summed E-state index contributed by atoms with van der Waals surface area (Å²) < 4.78 is 0. The van der Waals surface area contributed by atoms with Crippen molar-refractivity contribution in [3.8, 4) is 0 Å². The van der Waals surface area contributed by atoms with Crippen LogP contribution in [0, 0.1) is 20.8 Å². The molecule has 0 saturated heterocycles. The highest BCUT2D eigenvalue weighted by Crippen LogP contribution is 2.21. The molecule has 3 N–H and O–H groups in total. The third-order valence-corrected chi connectivity index (χ3v) is 2.70. The molecule has 0 aliphatic heterocycles. The molecule has 1 atom stereocenters. The molecule has 1 rings (SSSR count). The first-order chi connectivity index (χ1) is 7.45. The Morgan fingerprint density at radius 1 is 1.31 bits per heavy atom. The van der Waals surface area contributed by atoms with Gasteiger partial charge in [-0.3, -0.25) is 4.79 Å². The molecule has 3 heteroatoms. The average molecular weight is 220 g/mol. The fourth-order valence-corrected chi connectivity index (χ4v) is 1.78. The van der Waals surface area contributed by atoms with E-state index in [2.05, 4.69) is 17.4 Å². The van der Waals surface area contributed by atoms with E-state index in [1.807, 2.05) is 27.7 Å². The maximum Gasteiger partial charge on any atom is 0.241 e. The first-order valence-electron chi connectivity index (χ1n) is 5.60. The average Bonchev–Trinajstić information content (AvgIpc) is 2.21. The molecular formula is C13H20N2O. The number of hydrogen-bond donors (Lipinski definition) is 2. The predicted octanol–water partition coefficient (Wildman–Crippen LogP) is 2.29. The van der Waals surface area contributed by atoms with Crippen LogP contribution >= 0.6 is 0 Å². The van der Waals surface area contributed by atoms with Crippen molar-refractivity contribution in [1.29, 1.82) is 0 Å². The molecular weight excluding hydrogens is 200 g/mol. The highest BCUT2D eigenvalue weighted by molar-refractivity contribution is 5.96. The van der Waals surface area contributed by atoms with Crippen molar-refractivity contribution in [3.05, 3.63) is 28.8 Å². The smallest absolute Gasteiger partial charge is 0.241 e. The Balaban J connectivity index is 2.93. The van der Waals surface area contributed by atoms with Crippen LogP contribution in [0.1, 0.15) is 30.0 Å². The summed E-state index contributed by atoms with van der Waals surface area (Å²) in [6.07, 6.45) is 0.649. The number of hydrogen-bond acceptors (Lipinski definition) is 2. The van der Waals surface area contributed by atoms with Gasteiger partial charge in [0, 0.05) is 5.69 Å². The van der Waals surface area contributed by atoms with E-state index in [4.69, 9.17) is 5.73 Å². The zero-order chi connectivity index (χ0) is 12.3. The molecule has 0 aliphatic carbocycles. The highest BCUT2D eigenvalue weighted by atomic mass is 16.2. The summed E-state index contributed by atoms with van der Waals surface area (Å²) in [7, 11) is 0. The minimum atomic E-state index is -0.430. The highest BCUT2D eigenvalue weighted by Gasteiger charge is 2.13. The number of amides is 1. The van der Waals surface area contributed by atoms with Crippen molar-refractivity contribution in [2.45, 2.75) is 40.2 Å². The Morgan fingerprint density at radius 2 is 1.81 bits per heavy atom. The fourth-order valence-electron chi connectivity index (χ4n) is 1.78. The molecule has 0 fully saturated rings. The van der Waals surface area contributed by atoms with Gasteiger partial charge in [0.05, 0.1) is 6.04 Å². The van der Waals surface area contributed by atoms with Crippen molar-refractivity contribution < 1.29 is 4.79 Å². The monoisotopic (exact) mass is 220 g/mol. The molecule has 1 amide bonds. The van der Waals surface area contributed by atoms with E-state index in [1.54, 1.807) is 0 Å². The fraction of sp³-hybridized carbons (Fsp3) is 0.462. The first-order valence-corrected chi connectivity index (χ1v) is 5.60. The van der Waals surface area contributed by atoms with Crippen LogP contribution in [0.3, 0.4) is 0 Å². The third-order valence-electron chi connectivity index (χ3n) is 2.70. The molecule has 0 spiro atoms. The van der Waals surface area contributed by atoms with Gasteiger partial charge < -0.3 is 11.1 Å². The van der Waals surface area contributed by atoms with E-state index in [-0.39, 0.29) is 5.91 Å². The van der Waals surface area contributed by atoms with E-state index in [0.29, 0.717) is 6.42 Å². The third kappa shape index (κ3) is 2.83. The van der Waals surface area contributed by atoms with E-state index in [1.165, 1.54) is 5.56 Å². The number of nitrogens with two attached hydrogens (primary N) is 1. The molecule has 0 heterocycles. The molecule has 0 aromatic heterocycles. The molecule has 0 bridgehead atoms. The second kappa shape index (κ2) is 5.12. The quantitative estimate of drug-likeness (QED) is 0.821. The van der Waals surface area contributed by atoms with Gasteiger partial charge in [-0.25, -0.2) is 0 Å². The van der Waals surface area contributed by atoms with Crippen molar-refractivity contribution in [2.24, 2.45) is 5.73 Å². The lowest BCUT2D eigenvalue weighted by Gasteiger charge is -2.15. The number of carbonyl (C=O) groups excluding carboxylic acids is 1. The normalized spacial score (nSPS) is 12.3. The molecule has 88 valence electrons. The Morgan fingerprint density at radius 3 is 2.25 bits per heavy atom. The van der Waals surface area contributed by atoms with Crippen LogP contribution in [0.2, 0.25) is 0 Å². The maximum atomic E-state index is 11.7. The minimum Gasteiger partial charge on any atom is -0.324 e. The molecule has 3 nitrogen and oxygen atoms in total.